The van der Waals surface area contributed by atoms with Crippen molar-refractivity contribution < 1.29 is 23.9 Å². The van der Waals surface area contributed by atoms with E-state index in [9.17, 15) is 14.4 Å². The molecule has 2 aromatic heterocycles. The first-order valence-corrected chi connectivity index (χ1v) is 13.7. The van der Waals surface area contributed by atoms with Crippen molar-refractivity contribution >= 4 is 34.3 Å². The molecule has 9 heteroatoms. The number of benzene rings is 2. The number of piperidine rings is 1. The Kier molecular flexibility index (Phi) is 8.16. The van der Waals surface area contributed by atoms with Crippen molar-refractivity contribution in [3.8, 4) is 17.0 Å². The zero-order valence-corrected chi connectivity index (χ0v) is 23.6. The van der Waals surface area contributed by atoms with Crippen LogP contribution in [0.5, 0.6) is 5.75 Å². The molecule has 1 amide bonds. The number of carbonyl (C=O) groups excluding carboxylic acids is 3. The minimum atomic E-state index is -0.649. The number of Topliss-reactive ketones (excluding diaryl/α,β-unsaturated/α-hetero) is 1. The number of nitrogens with zero attached hydrogens (tertiary/aromatic N) is 3. The van der Waals surface area contributed by atoms with Gasteiger partial charge in [0.25, 0.3) is 11.7 Å². The summed E-state index contributed by atoms with van der Waals surface area (Å²) < 4.78 is 10.8. The van der Waals surface area contributed by atoms with Crippen molar-refractivity contribution in [2.24, 2.45) is 0 Å². The first kappa shape index (κ1) is 28.3. The molecule has 1 aliphatic rings. The van der Waals surface area contributed by atoms with Crippen LogP contribution >= 0.6 is 0 Å². The lowest BCUT2D eigenvalue weighted by atomic mass is 9.97. The summed E-state index contributed by atoms with van der Waals surface area (Å²) in [7, 11) is 1.48. The average Bonchev–Trinajstić information content (AvgIpc) is 3.46. The lowest BCUT2D eigenvalue weighted by Crippen LogP contribution is -2.40. The van der Waals surface area contributed by atoms with Crippen LogP contribution < -0.4 is 4.74 Å². The van der Waals surface area contributed by atoms with Gasteiger partial charge in [0.15, 0.2) is 5.70 Å². The quantitative estimate of drug-likeness (QED) is 0.129. The third-order valence-corrected chi connectivity index (χ3v) is 7.22. The maximum absolute atomic E-state index is 13.5. The van der Waals surface area contributed by atoms with Gasteiger partial charge in [0.2, 0.25) is 0 Å². The highest BCUT2D eigenvalue weighted by Crippen LogP contribution is 2.35. The predicted molar refractivity (Wildman–Crippen MR) is 159 cm³/mol. The second-order valence-corrected chi connectivity index (χ2v) is 10.2. The van der Waals surface area contributed by atoms with Gasteiger partial charge < -0.3 is 19.4 Å². The van der Waals surface area contributed by atoms with E-state index in [0.717, 1.165) is 11.1 Å². The molecule has 3 heterocycles. The molecule has 212 valence electrons. The van der Waals surface area contributed by atoms with Crippen LogP contribution in [0.4, 0.5) is 0 Å². The fraction of sp³-hybridized carbons (Fsp3) is 0.242. The Balaban J connectivity index is 1.39. The monoisotopic (exact) mass is 562 g/mol. The van der Waals surface area contributed by atoms with Crippen LogP contribution in [0.1, 0.15) is 53.0 Å². The van der Waals surface area contributed by atoms with Crippen LogP contribution in [0.2, 0.25) is 0 Å². The van der Waals surface area contributed by atoms with Gasteiger partial charge in [-0.05, 0) is 44.4 Å². The highest BCUT2D eigenvalue weighted by atomic mass is 16.5. The number of amides is 1. The highest BCUT2D eigenvalue weighted by Gasteiger charge is 2.30. The molecular formula is C33H30N4O5. The van der Waals surface area contributed by atoms with E-state index in [1.165, 1.54) is 19.5 Å². The minimum absolute atomic E-state index is 0.195. The molecule has 5 rings (SSSR count). The fourth-order valence-corrected chi connectivity index (χ4v) is 5.14. The predicted octanol–water partition coefficient (Wildman–Crippen LogP) is 5.94. The summed E-state index contributed by atoms with van der Waals surface area (Å²) in [6.07, 6.45) is 3.84. The number of pyridine rings is 1. The van der Waals surface area contributed by atoms with E-state index in [2.05, 4.69) is 14.8 Å². The Hall–Kier alpha value is -5.23. The molecule has 1 aliphatic heterocycles. The first-order valence-electron chi connectivity index (χ1n) is 13.7. The number of hydrogen-bond acceptors (Lipinski definition) is 6. The Morgan fingerprint density at radius 1 is 1.00 bits per heavy atom. The van der Waals surface area contributed by atoms with Crippen molar-refractivity contribution in [3.63, 3.8) is 0 Å². The lowest BCUT2D eigenvalue weighted by molar-refractivity contribution is -0.126. The molecule has 0 aliphatic carbocycles. The van der Waals surface area contributed by atoms with Gasteiger partial charge in [-0.2, -0.15) is 0 Å². The van der Waals surface area contributed by atoms with Gasteiger partial charge in [-0.1, -0.05) is 48.0 Å². The van der Waals surface area contributed by atoms with Crippen molar-refractivity contribution in [1.29, 1.82) is 0 Å². The second-order valence-electron chi connectivity index (χ2n) is 10.2. The number of aromatic nitrogens is 2. The van der Waals surface area contributed by atoms with Crippen LogP contribution in [0, 0.1) is 6.57 Å². The van der Waals surface area contributed by atoms with Gasteiger partial charge in [0.1, 0.15) is 5.75 Å². The Morgan fingerprint density at radius 3 is 2.31 bits per heavy atom. The van der Waals surface area contributed by atoms with Gasteiger partial charge in [-0.15, -0.1) is 0 Å². The molecule has 1 saturated heterocycles. The molecule has 0 spiro atoms. The molecule has 0 saturated carbocycles. The average molecular weight is 563 g/mol. The largest absolute Gasteiger partial charge is 0.494 e. The van der Waals surface area contributed by atoms with Crippen LogP contribution in [-0.4, -0.2) is 58.8 Å². The van der Waals surface area contributed by atoms with Gasteiger partial charge in [-0.3, -0.25) is 14.6 Å². The van der Waals surface area contributed by atoms with Crippen molar-refractivity contribution in [3.05, 3.63) is 101 Å². The first-order chi connectivity index (χ1) is 20.3. The summed E-state index contributed by atoms with van der Waals surface area (Å²) in [5, 5.41) is 0.459. The second kappa shape index (κ2) is 12.1. The van der Waals surface area contributed by atoms with Crippen LogP contribution in [-0.2, 0) is 9.53 Å². The number of nitrogens with one attached hydrogen (secondary N) is 1. The van der Waals surface area contributed by atoms with E-state index in [4.69, 9.17) is 16.0 Å². The smallest absolute Gasteiger partial charge is 0.338 e. The number of likely N-dealkylation sites (tertiary alicyclic amines) is 1. The Bertz CT molecular complexity index is 1720. The number of aromatic amines is 1. The van der Waals surface area contributed by atoms with E-state index in [0.29, 0.717) is 65.1 Å². The minimum Gasteiger partial charge on any atom is -0.494 e. The number of fused-ring (bicyclic) bond motifs is 1. The third kappa shape index (κ3) is 5.52. The fourth-order valence-electron chi connectivity index (χ4n) is 5.14. The van der Waals surface area contributed by atoms with E-state index < -0.39 is 17.7 Å². The molecule has 0 unspecified atom stereocenters. The Morgan fingerprint density at radius 2 is 1.69 bits per heavy atom. The summed E-state index contributed by atoms with van der Waals surface area (Å²) in [5.74, 6) is -1.31. The maximum Gasteiger partial charge on any atom is 0.338 e. The van der Waals surface area contributed by atoms with E-state index in [1.54, 1.807) is 43.0 Å². The summed E-state index contributed by atoms with van der Waals surface area (Å²) in [6, 6.07) is 16.3. The van der Waals surface area contributed by atoms with Gasteiger partial charge in [0.05, 0.1) is 53.7 Å². The summed E-state index contributed by atoms with van der Waals surface area (Å²) in [4.78, 5) is 52.1. The van der Waals surface area contributed by atoms with Crippen LogP contribution in [0.3, 0.4) is 0 Å². The van der Waals surface area contributed by atoms with E-state index >= 15 is 0 Å². The van der Waals surface area contributed by atoms with E-state index in [1.807, 2.05) is 30.3 Å². The van der Waals surface area contributed by atoms with Gasteiger partial charge in [-0.25, -0.2) is 9.64 Å². The lowest BCUT2D eigenvalue weighted by Gasteiger charge is -2.28. The van der Waals surface area contributed by atoms with Crippen molar-refractivity contribution in [2.45, 2.75) is 32.8 Å². The molecular weight excluding hydrogens is 532 g/mol. The number of methoxy groups -OCH3 is 1. The zero-order valence-electron chi connectivity index (χ0n) is 23.6. The molecule has 1 N–H and O–H groups in total. The molecule has 2 aromatic carbocycles. The van der Waals surface area contributed by atoms with E-state index in [-0.39, 0.29) is 11.7 Å². The van der Waals surface area contributed by atoms with Crippen molar-refractivity contribution in [1.82, 2.24) is 14.9 Å². The van der Waals surface area contributed by atoms with Gasteiger partial charge >= 0.3 is 5.97 Å². The number of ether oxygens (including phenoxy) is 2. The van der Waals surface area contributed by atoms with Crippen molar-refractivity contribution in [2.75, 3.05) is 20.2 Å². The maximum atomic E-state index is 13.5. The van der Waals surface area contributed by atoms with Crippen LogP contribution in [0.25, 0.3) is 32.7 Å². The summed E-state index contributed by atoms with van der Waals surface area (Å²) in [5.41, 5.74) is 4.86. The Labute approximate surface area is 243 Å². The molecule has 0 radical (unpaired) electrons. The summed E-state index contributed by atoms with van der Waals surface area (Å²) in [6.45, 7) is 11.9. The van der Waals surface area contributed by atoms with Crippen LogP contribution in [0.15, 0.2) is 72.6 Å². The topological polar surface area (TPSA) is 106 Å². The number of ketones is 1. The number of carbonyl (C=O) groups is 3. The third-order valence-electron chi connectivity index (χ3n) is 7.22. The number of rotatable bonds is 7. The number of hydrogen-bond donors (Lipinski definition) is 1. The molecule has 0 bridgehead atoms. The summed E-state index contributed by atoms with van der Waals surface area (Å²) >= 11 is 0. The molecule has 9 nitrogen and oxygen atoms in total. The molecule has 1 fully saturated rings. The highest BCUT2D eigenvalue weighted by molar-refractivity contribution is 6.45. The molecule has 0 atom stereocenters. The number of esters is 1. The standard InChI is InChI=1S/C33H30N4O5/c1-20(2)42-33(40)24-12-10-22(11-13-24)29-30-27(26(41-4)19-36-29)25(18-35-30)31(38)32(39)37-16-14-23(15-17-37)28(34-3)21-8-6-5-7-9-21/h5-13,18-20,35H,14-17H2,1-2,4H3. The molecule has 4 aromatic rings. The zero-order chi connectivity index (χ0) is 29.8. The number of H-pyrrole nitrogens is 1. The van der Waals surface area contributed by atoms with Gasteiger partial charge in [0, 0.05) is 24.8 Å². The molecule has 42 heavy (non-hydrogen) atoms. The SMILES string of the molecule is [C-]#[N+]C(=C1CCN(C(=O)C(=O)c2c[nH]c3c(-c4ccc(C(=O)OC(C)C)cc4)ncc(OC)c23)CC1)c1ccccc1. The normalized spacial score (nSPS) is 13.1.